The van der Waals surface area contributed by atoms with Crippen LogP contribution in [0.25, 0.3) is 0 Å². The lowest BCUT2D eigenvalue weighted by Crippen LogP contribution is -2.52. The van der Waals surface area contributed by atoms with Crippen LogP contribution >= 0.6 is 11.6 Å². The molecule has 4 heteroatoms. The van der Waals surface area contributed by atoms with Gasteiger partial charge in [-0.15, -0.1) is 0 Å². The third-order valence-corrected chi connectivity index (χ3v) is 4.23. The Labute approximate surface area is 112 Å². The summed E-state index contributed by atoms with van der Waals surface area (Å²) in [4.78, 5) is 12.4. The molecule has 2 aliphatic rings. The predicted molar refractivity (Wildman–Crippen MR) is 74.1 cm³/mol. The summed E-state index contributed by atoms with van der Waals surface area (Å²) in [6.07, 6.45) is 6.52. The minimum atomic E-state index is -0.405. The topological polar surface area (TPSA) is 41.1 Å². The van der Waals surface area contributed by atoms with Crippen molar-refractivity contribution in [1.29, 1.82) is 0 Å². The van der Waals surface area contributed by atoms with E-state index in [-0.39, 0.29) is 5.91 Å². The van der Waals surface area contributed by atoms with Crippen LogP contribution in [0.5, 0.6) is 0 Å². The molecule has 18 heavy (non-hydrogen) atoms. The molecule has 3 nitrogen and oxygen atoms in total. The van der Waals surface area contributed by atoms with Gasteiger partial charge in [0.2, 0.25) is 5.91 Å². The zero-order valence-corrected chi connectivity index (χ0v) is 11.0. The van der Waals surface area contributed by atoms with E-state index in [0.29, 0.717) is 5.02 Å². The van der Waals surface area contributed by atoms with Gasteiger partial charge in [-0.1, -0.05) is 37.3 Å². The van der Waals surface area contributed by atoms with Crippen molar-refractivity contribution in [3.8, 4) is 0 Å². The normalized spacial score (nSPS) is 21.7. The number of carbonyl (C=O) groups is 1. The fraction of sp³-hybridized carbons (Fsp3) is 0.500. The molecule has 0 bridgehead atoms. The Balaban J connectivity index is 1.95. The van der Waals surface area contributed by atoms with Gasteiger partial charge in [0.05, 0.1) is 11.4 Å². The van der Waals surface area contributed by atoms with Gasteiger partial charge in [-0.3, -0.25) is 4.79 Å². The Hall–Kier alpha value is -1.22. The highest BCUT2D eigenvalue weighted by Gasteiger charge is 2.41. The monoisotopic (exact) mass is 264 g/mol. The van der Waals surface area contributed by atoms with Gasteiger partial charge in [0.25, 0.3) is 0 Å². The van der Waals surface area contributed by atoms with Crippen LogP contribution in [-0.4, -0.2) is 11.4 Å². The van der Waals surface area contributed by atoms with Gasteiger partial charge in [0.15, 0.2) is 0 Å². The van der Waals surface area contributed by atoms with E-state index >= 15 is 0 Å². The quantitative estimate of drug-likeness (QED) is 0.748. The third kappa shape index (κ3) is 1.97. The van der Waals surface area contributed by atoms with Crippen LogP contribution in [0.2, 0.25) is 5.02 Å². The molecule has 1 amide bonds. The molecule has 1 fully saturated rings. The summed E-state index contributed by atoms with van der Waals surface area (Å²) in [6.45, 7) is 0. The van der Waals surface area contributed by atoms with Crippen LogP contribution in [0.1, 0.15) is 38.5 Å². The highest BCUT2D eigenvalue weighted by atomic mass is 35.5. The molecule has 1 saturated carbocycles. The van der Waals surface area contributed by atoms with E-state index < -0.39 is 5.54 Å². The zero-order chi connectivity index (χ0) is 12.6. The molecule has 0 unspecified atom stereocenters. The molecule has 1 aliphatic carbocycles. The van der Waals surface area contributed by atoms with Crippen LogP contribution in [0, 0.1) is 0 Å². The summed E-state index contributed by atoms with van der Waals surface area (Å²) in [6, 6.07) is 5.60. The second-order valence-electron chi connectivity index (χ2n) is 5.27. The number of fused-ring (bicyclic) bond motifs is 1. The maximum absolute atomic E-state index is 12.4. The number of rotatable bonds is 0. The second-order valence-corrected chi connectivity index (χ2v) is 5.70. The molecule has 1 spiro atoms. The fourth-order valence-corrected chi connectivity index (χ4v) is 3.14. The molecule has 2 N–H and O–H groups in total. The van der Waals surface area contributed by atoms with Crippen molar-refractivity contribution in [2.75, 3.05) is 10.6 Å². The van der Waals surface area contributed by atoms with Gasteiger partial charge in [-0.2, -0.15) is 0 Å². The molecule has 1 aliphatic heterocycles. The van der Waals surface area contributed by atoms with Crippen molar-refractivity contribution in [3.05, 3.63) is 23.2 Å². The molecule has 0 atom stereocenters. The number of benzene rings is 1. The molecule has 1 aromatic rings. The molecule has 96 valence electrons. The lowest BCUT2D eigenvalue weighted by atomic mass is 9.87. The molecule has 3 rings (SSSR count). The Morgan fingerprint density at radius 2 is 1.78 bits per heavy atom. The van der Waals surface area contributed by atoms with Gasteiger partial charge >= 0.3 is 0 Å². The Kier molecular flexibility index (Phi) is 2.94. The van der Waals surface area contributed by atoms with Crippen LogP contribution in [0.3, 0.4) is 0 Å². The maximum Gasteiger partial charge on any atom is 0.250 e. The van der Waals surface area contributed by atoms with Crippen molar-refractivity contribution in [2.45, 2.75) is 44.1 Å². The number of nitrogens with one attached hydrogen (secondary N) is 2. The van der Waals surface area contributed by atoms with Crippen molar-refractivity contribution in [2.24, 2.45) is 0 Å². The first-order valence-corrected chi connectivity index (χ1v) is 6.97. The number of carbonyl (C=O) groups excluding carboxylic acids is 1. The number of anilines is 2. The molecular weight excluding hydrogens is 248 g/mol. The van der Waals surface area contributed by atoms with Gasteiger partial charge in [0.1, 0.15) is 5.54 Å². The number of halogens is 1. The smallest absolute Gasteiger partial charge is 0.250 e. The number of hydrogen-bond acceptors (Lipinski definition) is 2. The van der Waals surface area contributed by atoms with Crippen molar-refractivity contribution < 1.29 is 4.79 Å². The Bertz CT molecular complexity index is 479. The highest BCUT2D eigenvalue weighted by molar-refractivity contribution is 6.31. The Morgan fingerprint density at radius 3 is 2.50 bits per heavy atom. The van der Waals surface area contributed by atoms with E-state index in [1.807, 2.05) is 12.1 Å². The average Bonchev–Trinajstić information content (AvgIpc) is 2.58. The fourth-order valence-electron chi connectivity index (χ4n) is 2.97. The molecular formula is C14H17ClN2O. The first kappa shape index (κ1) is 11.8. The van der Waals surface area contributed by atoms with E-state index in [1.54, 1.807) is 6.07 Å². The largest absolute Gasteiger partial charge is 0.370 e. The third-order valence-electron chi connectivity index (χ3n) is 4.00. The first-order chi connectivity index (χ1) is 8.70. The van der Waals surface area contributed by atoms with Crippen LogP contribution in [0.4, 0.5) is 11.4 Å². The van der Waals surface area contributed by atoms with Crippen LogP contribution in [-0.2, 0) is 4.79 Å². The lowest BCUT2D eigenvalue weighted by molar-refractivity contribution is -0.121. The van der Waals surface area contributed by atoms with Crippen molar-refractivity contribution in [3.63, 3.8) is 0 Å². The summed E-state index contributed by atoms with van der Waals surface area (Å²) in [7, 11) is 0. The predicted octanol–water partition coefficient (Wildman–Crippen LogP) is 3.80. The van der Waals surface area contributed by atoms with E-state index in [9.17, 15) is 4.79 Å². The van der Waals surface area contributed by atoms with Gasteiger partial charge in [0, 0.05) is 5.02 Å². The molecule has 1 heterocycles. The van der Waals surface area contributed by atoms with E-state index in [2.05, 4.69) is 10.6 Å². The minimum absolute atomic E-state index is 0.0965. The van der Waals surface area contributed by atoms with Gasteiger partial charge < -0.3 is 10.6 Å². The second kappa shape index (κ2) is 4.47. The van der Waals surface area contributed by atoms with E-state index in [4.69, 9.17) is 11.6 Å². The summed E-state index contributed by atoms with van der Waals surface area (Å²) in [5.74, 6) is 0.0965. The van der Waals surface area contributed by atoms with Crippen LogP contribution in [0.15, 0.2) is 18.2 Å². The van der Waals surface area contributed by atoms with E-state index in [1.165, 1.54) is 12.8 Å². The van der Waals surface area contributed by atoms with Crippen molar-refractivity contribution in [1.82, 2.24) is 0 Å². The molecule has 0 saturated heterocycles. The lowest BCUT2D eigenvalue weighted by Gasteiger charge is -2.38. The minimum Gasteiger partial charge on any atom is -0.370 e. The highest BCUT2D eigenvalue weighted by Crippen LogP contribution is 2.39. The number of amides is 1. The van der Waals surface area contributed by atoms with E-state index in [0.717, 1.165) is 37.1 Å². The standard InChI is InChI=1S/C14H17ClN2O/c15-10-5-6-11-12(9-10)16-13(18)14(17-11)7-3-1-2-4-8-14/h5-6,9,17H,1-4,7-8H2,(H,16,18). The first-order valence-electron chi connectivity index (χ1n) is 6.59. The van der Waals surface area contributed by atoms with Gasteiger partial charge in [-0.25, -0.2) is 0 Å². The molecule has 0 aromatic heterocycles. The summed E-state index contributed by atoms with van der Waals surface area (Å²) >= 11 is 5.95. The average molecular weight is 265 g/mol. The summed E-state index contributed by atoms with van der Waals surface area (Å²) in [5, 5.41) is 7.11. The summed E-state index contributed by atoms with van der Waals surface area (Å²) < 4.78 is 0. The van der Waals surface area contributed by atoms with Crippen molar-refractivity contribution >= 4 is 28.9 Å². The van der Waals surface area contributed by atoms with Gasteiger partial charge in [-0.05, 0) is 31.0 Å². The summed E-state index contributed by atoms with van der Waals surface area (Å²) in [5.41, 5.74) is 1.38. The molecule has 1 aromatic carbocycles. The Morgan fingerprint density at radius 1 is 1.06 bits per heavy atom. The molecule has 0 radical (unpaired) electrons. The zero-order valence-electron chi connectivity index (χ0n) is 10.3. The van der Waals surface area contributed by atoms with Crippen LogP contribution < -0.4 is 10.6 Å². The maximum atomic E-state index is 12.4. The SMILES string of the molecule is O=C1Nc2cc(Cl)ccc2NC12CCCCCC2. The number of hydrogen-bond donors (Lipinski definition) is 2.